The van der Waals surface area contributed by atoms with Crippen molar-refractivity contribution in [2.75, 3.05) is 33.4 Å². The zero-order chi connectivity index (χ0) is 20.1. The van der Waals surface area contributed by atoms with Crippen molar-refractivity contribution in [2.45, 2.75) is 6.92 Å². The van der Waals surface area contributed by atoms with E-state index in [-0.39, 0.29) is 43.4 Å². The van der Waals surface area contributed by atoms with Crippen LogP contribution in [0.1, 0.15) is 16.2 Å². The monoisotopic (exact) mass is 389 g/mol. The first-order chi connectivity index (χ1) is 13.5. The van der Waals surface area contributed by atoms with Gasteiger partial charge in [0.1, 0.15) is 18.0 Å². The van der Waals surface area contributed by atoms with Crippen molar-refractivity contribution in [3.05, 3.63) is 58.0 Å². The zero-order valence-electron chi connectivity index (χ0n) is 15.5. The summed E-state index contributed by atoms with van der Waals surface area (Å²) in [6.45, 7) is 2.38. The number of aromatic nitrogens is 4. The Labute approximate surface area is 159 Å². The lowest BCUT2D eigenvalue weighted by Crippen LogP contribution is -2.40. The van der Waals surface area contributed by atoms with Crippen LogP contribution in [0, 0.1) is 12.7 Å². The summed E-state index contributed by atoms with van der Waals surface area (Å²) in [5, 5.41) is 2.74. The quantitative estimate of drug-likeness (QED) is 0.618. The van der Waals surface area contributed by atoms with Crippen LogP contribution >= 0.6 is 0 Å². The lowest BCUT2D eigenvalue weighted by molar-refractivity contribution is 0.0662. The number of H-pyrrole nitrogens is 1. The van der Waals surface area contributed by atoms with Crippen molar-refractivity contribution in [1.82, 2.24) is 24.5 Å². The predicted molar refractivity (Wildman–Crippen MR) is 98.0 cm³/mol. The second kappa shape index (κ2) is 8.61. The van der Waals surface area contributed by atoms with E-state index in [1.165, 1.54) is 30.3 Å². The Hall–Kier alpha value is -3.27. The Balaban J connectivity index is 1.77. The number of rotatable bonds is 8. The van der Waals surface area contributed by atoms with E-state index >= 15 is 0 Å². The van der Waals surface area contributed by atoms with Gasteiger partial charge in [0.05, 0.1) is 13.2 Å². The number of amides is 1. The molecule has 9 nitrogen and oxygen atoms in total. The number of para-hydroxylation sites is 1. The molecule has 1 aromatic carbocycles. The minimum Gasteiger partial charge on any atom is -0.489 e. The molecule has 0 fully saturated rings. The number of hydrogen-bond acceptors (Lipinski definition) is 6. The van der Waals surface area contributed by atoms with Crippen LogP contribution in [0.5, 0.6) is 5.75 Å². The number of aryl methyl sites for hydroxylation is 1. The number of methoxy groups -OCH3 is 1. The molecule has 0 saturated heterocycles. The van der Waals surface area contributed by atoms with Gasteiger partial charge in [0.2, 0.25) is 0 Å². The Kier molecular flexibility index (Phi) is 5.99. The molecule has 0 aliphatic heterocycles. The molecule has 2 aromatic heterocycles. The van der Waals surface area contributed by atoms with E-state index in [2.05, 4.69) is 15.1 Å². The summed E-state index contributed by atoms with van der Waals surface area (Å²) >= 11 is 0. The highest BCUT2D eigenvalue weighted by atomic mass is 19.1. The second-order valence-corrected chi connectivity index (χ2v) is 5.99. The molecule has 148 valence electrons. The maximum atomic E-state index is 13.7. The molecule has 28 heavy (non-hydrogen) atoms. The number of aromatic amines is 1. The van der Waals surface area contributed by atoms with E-state index in [1.54, 1.807) is 19.1 Å². The standard InChI is InChI=1S/C18H20FN5O4/c1-12-21-18-20-11-13(17(26)24(18)22-12)16(25)23(7-9-27-2)8-10-28-15-6-4-3-5-14(15)19/h3-6,11H,7-10H2,1-2H3,(H,20,21,22). The number of halogens is 1. The van der Waals surface area contributed by atoms with Crippen LogP contribution in [0.4, 0.5) is 4.39 Å². The highest BCUT2D eigenvalue weighted by Gasteiger charge is 2.21. The molecule has 10 heteroatoms. The van der Waals surface area contributed by atoms with Crippen LogP contribution < -0.4 is 10.3 Å². The average molecular weight is 389 g/mol. The maximum absolute atomic E-state index is 13.7. The number of carbonyl (C=O) groups is 1. The van der Waals surface area contributed by atoms with Gasteiger partial charge in [-0.25, -0.2) is 9.37 Å². The van der Waals surface area contributed by atoms with E-state index in [4.69, 9.17) is 9.47 Å². The van der Waals surface area contributed by atoms with Crippen molar-refractivity contribution >= 4 is 11.7 Å². The Morgan fingerprint density at radius 2 is 2.04 bits per heavy atom. The summed E-state index contributed by atoms with van der Waals surface area (Å²) in [5.74, 6) is -0.222. The van der Waals surface area contributed by atoms with Gasteiger partial charge in [0.15, 0.2) is 11.6 Å². The average Bonchev–Trinajstić information content (AvgIpc) is 3.07. The number of benzene rings is 1. The smallest absolute Gasteiger partial charge is 0.286 e. The fourth-order valence-electron chi connectivity index (χ4n) is 2.62. The minimum absolute atomic E-state index is 0.0521. The maximum Gasteiger partial charge on any atom is 0.286 e. The molecule has 0 radical (unpaired) electrons. The molecule has 0 saturated carbocycles. The van der Waals surface area contributed by atoms with Crippen LogP contribution in [-0.2, 0) is 4.74 Å². The number of nitrogens with one attached hydrogen (secondary N) is 1. The third-order valence-electron chi connectivity index (χ3n) is 4.02. The molecular weight excluding hydrogens is 369 g/mol. The third kappa shape index (κ3) is 4.17. The first-order valence-corrected chi connectivity index (χ1v) is 8.61. The van der Waals surface area contributed by atoms with Gasteiger partial charge in [-0.2, -0.15) is 9.50 Å². The molecule has 1 N–H and O–H groups in total. The molecular formula is C18H20FN5O4. The number of carbonyl (C=O) groups excluding carboxylic acids is 1. The first-order valence-electron chi connectivity index (χ1n) is 8.61. The molecule has 0 spiro atoms. The van der Waals surface area contributed by atoms with Crippen molar-refractivity contribution in [3.63, 3.8) is 0 Å². The summed E-state index contributed by atoms with van der Waals surface area (Å²) in [7, 11) is 1.51. The van der Waals surface area contributed by atoms with Gasteiger partial charge in [-0.3, -0.25) is 14.7 Å². The largest absolute Gasteiger partial charge is 0.489 e. The SMILES string of the molecule is COCCN(CCOc1ccccc1F)C(=O)c1cnc2nc(C)[nH]n2c1=O. The van der Waals surface area contributed by atoms with Crippen molar-refractivity contribution < 1.29 is 18.7 Å². The number of hydrogen-bond donors (Lipinski definition) is 1. The summed E-state index contributed by atoms with van der Waals surface area (Å²) in [6, 6.07) is 6.00. The molecule has 0 atom stereocenters. The summed E-state index contributed by atoms with van der Waals surface area (Å²) in [4.78, 5) is 35.0. The van der Waals surface area contributed by atoms with Gasteiger partial charge in [-0.15, -0.1) is 0 Å². The Morgan fingerprint density at radius 1 is 1.29 bits per heavy atom. The topological polar surface area (TPSA) is 102 Å². The van der Waals surface area contributed by atoms with Gasteiger partial charge in [-0.05, 0) is 19.1 Å². The van der Waals surface area contributed by atoms with Crippen LogP contribution in [0.3, 0.4) is 0 Å². The third-order valence-corrected chi connectivity index (χ3v) is 4.02. The normalized spacial score (nSPS) is 11.0. The molecule has 0 bridgehead atoms. The Bertz CT molecular complexity index is 1030. The lowest BCUT2D eigenvalue weighted by atomic mass is 10.3. The second-order valence-electron chi connectivity index (χ2n) is 5.99. The van der Waals surface area contributed by atoms with Gasteiger partial charge in [0.25, 0.3) is 17.2 Å². The van der Waals surface area contributed by atoms with Gasteiger partial charge in [-0.1, -0.05) is 12.1 Å². The van der Waals surface area contributed by atoms with Crippen LogP contribution in [0.15, 0.2) is 35.3 Å². The summed E-state index contributed by atoms with van der Waals surface area (Å²) < 4.78 is 25.2. The molecule has 2 heterocycles. The van der Waals surface area contributed by atoms with Crippen LogP contribution in [0.2, 0.25) is 0 Å². The lowest BCUT2D eigenvalue weighted by Gasteiger charge is -2.22. The number of nitrogens with zero attached hydrogens (tertiary/aromatic N) is 4. The zero-order valence-corrected chi connectivity index (χ0v) is 15.5. The van der Waals surface area contributed by atoms with Gasteiger partial charge in [0, 0.05) is 19.9 Å². The van der Waals surface area contributed by atoms with E-state index in [9.17, 15) is 14.0 Å². The summed E-state index contributed by atoms with van der Waals surface area (Å²) in [6.07, 6.45) is 1.21. The molecule has 3 aromatic rings. The predicted octanol–water partition coefficient (Wildman–Crippen LogP) is 1.03. The molecule has 0 unspecified atom stereocenters. The highest BCUT2D eigenvalue weighted by Crippen LogP contribution is 2.15. The molecule has 3 rings (SSSR count). The number of ether oxygens (including phenoxy) is 2. The fraction of sp³-hybridized carbons (Fsp3) is 0.333. The van der Waals surface area contributed by atoms with E-state index < -0.39 is 17.3 Å². The van der Waals surface area contributed by atoms with Crippen LogP contribution in [0.25, 0.3) is 5.78 Å². The van der Waals surface area contributed by atoms with Crippen molar-refractivity contribution in [1.29, 1.82) is 0 Å². The number of fused-ring (bicyclic) bond motifs is 1. The fourth-order valence-corrected chi connectivity index (χ4v) is 2.62. The van der Waals surface area contributed by atoms with E-state index in [0.29, 0.717) is 5.82 Å². The van der Waals surface area contributed by atoms with Gasteiger partial charge >= 0.3 is 0 Å². The molecule has 0 aliphatic carbocycles. The van der Waals surface area contributed by atoms with Crippen molar-refractivity contribution in [3.8, 4) is 5.75 Å². The van der Waals surface area contributed by atoms with Crippen LogP contribution in [-0.4, -0.2) is 63.8 Å². The molecule has 1 amide bonds. The Morgan fingerprint density at radius 3 is 2.79 bits per heavy atom. The van der Waals surface area contributed by atoms with E-state index in [0.717, 1.165) is 4.52 Å². The van der Waals surface area contributed by atoms with Gasteiger partial charge < -0.3 is 14.4 Å². The minimum atomic E-state index is -0.548. The first kappa shape index (κ1) is 19.5. The van der Waals surface area contributed by atoms with Crippen molar-refractivity contribution in [2.24, 2.45) is 0 Å². The van der Waals surface area contributed by atoms with E-state index in [1.807, 2.05) is 0 Å². The molecule has 0 aliphatic rings. The highest BCUT2D eigenvalue weighted by molar-refractivity contribution is 5.93. The summed E-state index contributed by atoms with van der Waals surface area (Å²) in [5.41, 5.74) is -0.656.